The summed E-state index contributed by atoms with van der Waals surface area (Å²) in [4.78, 5) is 4.20. The van der Waals surface area contributed by atoms with E-state index in [1.165, 1.54) is 6.07 Å². The van der Waals surface area contributed by atoms with Gasteiger partial charge in [0, 0.05) is 11.5 Å². The van der Waals surface area contributed by atoms with Crippen molar-refractivity contribution in [2.75, 3.05) is 0 Å². The number of nitrogens with zero attached hydrogens (tertiary/aromatic N) is 1. The van der Waals surface area contributed by atoms with Crippen molar-refractivity contribution in [2.45, 2.75) is 0 Å². The smallest absolute Gasteiger partial charge is 0.139 e. The lowest BCUT2D eigenvalue weighted by Gasteiger charge is -1.99. The number of pyridine rings is 1. The van der Waals surface area contributed by atoms with Crippen LogP contribution in [-0.4, -0.2) is 4.98 Å². The molecule has 4 heteroatoms. The number of fused-ring (bicyclic) bond motifs is 1. The molecule has 0 saturated heterocycles. The summed E-state index contributed by atoms with van der Waals surface area (Å²) in [6.45, 7) is 0. The minimum absolute atomic E-state index is 0.276. The van der Waals surface area contributed by atoms with Gasteiger partial charge in [-0.3, -0.25) is 0 Å². The van der Waals surface area contributed by atoms with Gasteiger partial charge in [0.05, 0.1) is 9.99 Å². The first-order valence-corrected chi connectivity index (χ1v) is 5.45. The molecule has 2 aromatic rings. The summed E-state index contributed by atoms with van der Waals surface area (Å²) in [6, 6.07) is 6.98. The maximum Gasteiger partial charge on any atom is 0.139 e. The lowest BCUT2D eigenvalue weighted by atomic mass is 10.2. The van der Waals surface area contributed by atoms with Gasteiger partial charge in [-0.15, -0.1) is 0 Å². The largest absolute Gasteiger partial charge is 0.242 e. The second-order valence-corrected chi connectivity index (χ2v) is 4.55. The highest BCUT2D eigenvalue weighted by Gasteiger charge is 2.02. The molecule has 0 spiro atoms. The Morgan fingerprint density at radius 3 is 2.85 bits per heavy atom. The van der Waals surface area contributed by atoms with Gasteiger partial charge in [0.2, 0.25) is 0 Å². The summed E-state index contributed by atoms with van der Waals surface area (Å²) in [5.41, 5.74) is 0.688. The van der Waals surface area contributed by atoms with E-state index in [0.29, 0.717) is 9.99 Å². The summed E-state index contributed by atoms with van der Waals surface area (Å²) >= 11 is 5.23. The molecule has 0 aliphatic heterocycles. The first-order chi connectivity index (χ1) is 6.16. The fraction of sp³-hybridized carbons (Fsp3) is 0. The van der Waals surface area contributed by atoms with Crippen molar-refractivity contribution >= 4 is 49.4 Å². The molecule has 0 amide bonds. The molecule has 1 nitrogen and oxygen atoms in total. The zero-order valence-corrected chi connectivity index (χ0v) is 10.1. The molecule has 1 aromatic carbocycles. The van der Waals surface area contributed by atoms with Crippen LogP contribution in [0.5, 0.6) is 0 Å². The molecule has 0 atom stereocenters. The summed E-state index contributed by atoms with van der Waals surface area (Å²) in [6.07, 6.45) is 0. The Morgan fingerprint density at radius 1 is 1.31 bits per heavy atom. The highest BCUT2D eigenvalue weighted by atomic mass is 127. The summed E-state index contributed by atoms with van der Waals surface area (Å²) < 4.78 is 14.4. The van der Waals surface area contributed by atoms with Crippen molar-refractivity contribution in [1.29, 1.82) is 0 Å². The number of hydrogen-bond acceptors (Lipinski definition) is 1. The number of aromatic nitrogens is 1. The van der Waals surface area contributed by atoms with Gasteiger partial charge in [0.15, 0.2) is 0 Å². The fourth-order valence-electron chi connectivity index (χ4n) is 1.09. The Hall–Kier alpha value is -0.230. The van der Waals surface area contributed by atoms with Crippen molar-refractivity contribution in [3.63, 3.8) is 0 Å². The molecule has 2 rings (SSSR count). The molecule has 0 aliphatic rings. The van der Waals surface area contributed by atoms with E-state index in [1.54, 1.807) is 6.07 Å². The highest BCUT2D eigenvalue weighted by molar-refractivity contribution is 14.1. The van der Waals surface area contributed by atoms with Crippen molar-refractivity contribution in [1.82, 2.24) is 4.98 Å². The fourth-order valence-corrected chi connectivity index (χ4v) is 1.89. The Bertz CT molecular complexity index is 472. The van der Waals surface area contributed by atoms with E-state index < -0.39 is 0 Å². The second-order valence-electron chi connectivity index (χ2n) is 2.59. The minimum Gasteiger partial charge on any atom is -0.242 e. The average molecular weight is 352 g/mol. The van der Waals surface area contributed by atoms with Crippen LogP contribution in [0.4, 0.5) is 4.39 Å². The Morgan fingerprint density at radius 2 is 2.08 bits per heavy atom. The van der Waals surface area contributed by atoms with Crippen LogP contribution in [0.25, 0.3) is 10.9 Å². The van der Waals surface area contributed by atoms with Crippen LogP contribution in [0.15, 0.2) is 28.7 Å². The van der Waals surface area contributed by atoms with Gasteiger partial charge in [-0.2, -0.15) is 0 Å². The summed E-state index contributed by atoms with van der Waals surface area (Å²) in [5, 5.41) is 0.939. The molecule has 0 radical (unpaired) electrons. The van der Waals surface area contributed by atoms with E-state index in [0.717, 1.165) is 9.09 Å². The minimum atomic E-state index is -0.276. The predicted molar refractivity (Wildman–Crippen MR) is 62.1 cm³/mol. The van der Waals surface area contributed by atoms with Crippen LogP contribution >= 0.6 is 38.5 Å². The van der Waals surface area contributed by atoms with Crippen molar-refractivity contribution in [3.8, 4) is 0 Å². The third-order valence-corrected chi connectivity index (χ3v) is 2.91. The van der Waals surface area contributed by atoms with Gasteiger partial charge < -0.3 is 0 Å². The van der Waals surface area contributed by atoms with E-state index in [9.17, 15) is 4.39 Å². The number of benzene rings is 1. The molecule has 0 bridgehead atoms. The van der Waals surface area contributed by atoms with E-state index >= 15 is 0 Å². The first-order valence-electron chi connectivity index (χ1n) is 3.58. The predicted octanol–water partition coefficient (Wildman–Crippen LogP) is 3.74. The SMILES string of the molecule is Fc1cc2nc(I)ccc2cc1Br. The van der Waals surface area contributed by atoms with Gasteiger partial charge in [0.1, 0.15) is 9.52 Å². The van der Waals surface area contributed by atoms with Crippen LogP contribution < -0.4 is 0 Å². The molecule has 66 valence electrons. The molecule has 13 heavy (non-hydrogen) atoms. The van der Waals surface area contributed by atoms with Crippen LogP contribution in [0, 0.1) is 9.52 Å². The molecular formula is C9H4BrFIN. The monoisotopic (exact) mass is 351 g/mol. The molecule has 0 unspecified atom stereocenters. The summed E-state index contributed by atoms with van der Waals surface area (Å²) in [5.74, 6) is -0.276. The molecule has 0 saturated carbocycles. The van der Waals surface area contributed by atoms with Crippen LogP contribution in [0.2, 0.25) is 0 Å². The van der Waals surface area contributed by atoms with Crippen molar-refractivity contribution in [3.05, 3.63) is 38.3 Å². The molecule has 0 fully saturated rings. The van der Waals surface area contributed by atoms with E-state index in [-0.39, 0.29) is 5.82 Å². The van der Waals surface area contributed by atoms with Gasteiger partial charge in [-0.05, 0) is 50.7 Å². The summed E-state index contributed by atoms with van der Waals surface area (Å²) in [7, 11) is 0. The van der Waals surface area contributed by atoms with Crippen molar-refractivity contribution in [2.24, 2.45) is 0 Å². The maximum atomic E-state index is 13.1. The lowest BCUT2D eigenvalue weighted by Crippen LogP contribution is -1.85. The van der Waals surface area contributed by atoms with Crippen molar-refractivity contribution < 1.29 is 4.39 Å². The van der Waals surface area contributed by atoms with Crippen LogP contribution in [0.3, 0.4) is 0 Å². The number of hydrogen-bond donors (Lipinski definition) is 0. The first kappa shape index (κ1) is 9.33. The zero-order chi connectivity index (χ0) is 9.42. The molecule has 0 N–H and O–H groups in total. The van der Waals surface area contributed by atoms with E-state index in [4.69, 9.17) is 0 Å². The standard InChI is InChI=1S/C9H4BrFIN/c10-6-3-5-1-2-9(12)13-8(5)4-7(6)11/h1-4H. The van der Waals surface area contributed by atoms with Gasteiger partial charge >= 0.3 is 0 Å². The quantitative estimate of drug-likeness (QED) is 0.520. The third kappa shape index (κ3) is 1.83. The molecule has 0 aliphatic carbocycles. The lowest BCUT2D eigenvalue weighted by molar-refractivity contribution is 0.623. The van der Waals surface area contributed by atoms with E-state index in [2.05, 4.69) is 43.5 Å². The molecular weight excluding hydrogens is 348 g/mol. The van der Waals surface area contributed by atoms with Gasteiger partial charge in [-0.1, -0.05) is 6.07 Å². The van der Waals surface area contributed by atoms with E-state index in [1.807, 2.05) is 12.1 Å². The Kier molecular flexibility index (Phi) is 2.51. The topological polar surface area (TPSA) is 12.9 Å². The average Bonchev–Trinajstić information content (AvgIpc) is 2.08. The maximum absolute atomic E-state index is 13.1. The Labute approximate surface area is 96.6 Å². The number of rotatable bonds is 0. The normalized spacial score (nSPS) is 10.7. The van der Waals surface area contributed by atoms with Crippen LogP contribution in [0.1, 0.15) is 0 Å². The highest BCUT2D eigenvalue weighted by Crippen LogP contribution is 2.22. The zero-order valence-electron chi connectivity index (χ0n) is 6.39. The van der Waals surface area contributed by atoms with Crippen LogP contribution in [-0.2, 0) is 0 Å². The molecule has 1 aromatic heterocycles. The third-order valence-electron chi connectivity index (χ3n) is 1.70. The van der Waals surface area contributed by atoms with Gasteiger partial charge in [0.25, 0.3) is 0 Å². The number of halogens is 3. The van der Waals surface area contributed by atoms with Gasteiger partial charge in [-0.25, -0.2) is 9.37 Å². The molecule has 1 heterocycles. The Balaban J connectivity index is 2.81. The second kappa shape index (κ2) is 3.49.